The van der Waals surface area contributed by atoms with E-state index in [1.807, 2.05) is 77.4 Å². The number of rotatable bonds is 8. The van der Waals surface area contributed by atoms with Gasteiger partial charge in [0.2, 0.25) is 0 Å². The van der Waals surface area contributed by atoms with E-state index in [0.29, 0.717) is 17.9 Å². The molecule has 0 fully saturated rings. The standard InChI is InChI=1S/C24H24N4OS/c1-2-3-16-30-24-27-26-22(28(24)19-12-5-4-6-13-19)17-25-23(29)21-15-9-11-18-10-7-8-14-20(18)21/h4-15H,2-3,16-17H2,1H3,(H,25,29). The highest BCUT2D eigenvalue weighted by molar-refractivity contribution is 7.99. The summed E-state index contributed by atoms with van der Waals surface area (Å²) in [5.41, 5.74) is 1.66. The third kappa shape index (κ3) is 4.39. The largest absolute Gasteiger partial charge is 0.345 e. The highest BCUT2D eigenvalue weighted by atomic mass is 32.2. The summed E-state index contributed by atoms with van der Waals surface area (Å²) < 4.78 is 2.03. The highest BCUT2D eigenvalue weighted by Gasteiger charge is 2.16. The summed E-state index contributed by atoms with van der Waals surface area (Å²) in [4.78, 5) is 12.9. The normalized spacial score (nSPS) is 11.0. The molecule has 0 bridgehead atoms. The van der Waals surface area contributed by atoms with Crippen LogP contribution >= 0.6 is 11.8 Å². The van der Waals surface area contributed by atoms with Gasteiger partial charge >= 0.3 is 0 Å². The second-order valence-electron chi connectivity index (χ2n) is 6.98. The second kappa shape index (κ2) is 9.59. The molecule has 0 saturated heterocycles. The van der Waals surface area contributed by atoms with Crippen LogP contribution in [-0.4, -0.2) is 26.4 Å². The summed E-state index contributed by atoms with van der Waals surface area (Å²) in [7, 11) is 0. The van der Waals surface area contributed by atoms with Crippen LogP contribution in [0.3, 0.4) is 0 Å². The van der Waals surface area contributed by atoms with Crippen molar-refractivity contribution in [1.29, 1.82) is 0 Å². The van der Waals surface area contributed by atoms with Crippen molar-refractivity contribution < 1.29 is 4.79 Å². The molecule has 1 heterocycles. The Kier molecular flexibility index (Phi) is 6.44. The van der Waals surface area contributed by atoms with E-state index in [1.54, 1.807) is 11.8 Å². The molecule has 0 aliphatic heterocycles. The molecule has 5 nitrogen and oxygen atoms in total. The predicted octanol–water partition coefficient (Wildman–Crippen LogP) is 5.24. The van der Waals surface area contributed by atoms with Crippen molar-refractivity contribution >= 4 is 28.4 Å². The predicted molar refractivity (Wildman–Crippen MR) is 122 cm³/mol. The molecule has 6 heteroatoms. The van der Waals surface area contributed by atoms with Crippen LogP contribution in [-0.2, 0) is 6.54 Å². The number of carbonyl (C=O) groups is 1. The number of thioether (sulfide) groups is 1. The van der Waals surface area contributed by atoms with E-state index in [1.165, 1.54) is 0 Å². The molecular weight excluding hydrogens is 392 g/mol. The van der Waals surface area contributed by atoms with Crippen molar-refractivity contribution in [3.63, 3.8) is 0 Å². The van der Waals surface area contributed by atoms with Gasteiger partial charge in [0.25, 0.3) is 5.91 Å². The van der Waals surface area contributed by atoms with E-state index in [9.17, 15) is 4.79 Å². The molecule has 0 aliphatic carbocycles. The van der Waals surface area contributed by atoms with Crippen molar-refractivity contribution in [2.24, 2.45) is 0 Å². The summed E-state index contributed by atoms with van der Waals surface area (Å²) >= 11 is 1.70. The van der Waals surface area contributed by atoms with Crippen molar-refractivity contribution in [2.75, 3.05) is 5.75 Å². The first-order valence-corrected chi connectivity index (χ1v) is 11.1. The summed E-state index contributed by atoms with van der Waals surface area (Å²) in [6.07, 6.45) is 2.26. The molecule has 4 rings (SSSR count). The summed E-state index contributed by atoms with van der Waals surface area (Å²) in [6.45, 7) is 2.48. The maximum atomic E-state index is 12.9. The van der Waals surface area contributed by atoms with E-state index < -0.39 is 0 Å². The molecule has 3 aromatic carbocycles. The van der Waals surface area contributed by atoms with Gasteiger partial charge in [-0.25, -0.2) is 0 Å². The zero-order valence-corrected chi connectivity index (χ0v) is 17.7. The molecule has 0 atom stereocenters. The van der Waals surface area contributed by atoms with Crippen LogP contribution in [0.15, 0.2) is 78.0 Å². The molecule has 1 N–H and O–H groups in total. The van der Waals surface area contributed by atoms with Gasteiger partial charge in [0.1, 0.15) is 0 Å². The number of benzene rings is 3. The number of nitrogens with one attached hydrogen (secondary N) is 1. The molecule has 0 aliphatic rings. The van der Waals surface area contributed by atoms with Crippen LogP contribution in [0.25, 0.3) is 16.5 Å². The lowest BCUT2D eigenvalue weighted by atomic mass is 10.0. The molecule has 30 heavy (non-hydrogen) atoms. The molecule has 0 radical (unpaired) electrons. The lowest BCUT2D eigenvalue weighted by Gasteiger charge is -2.11. The van der Waals surface area contributed by atoms with E-state index in [-0.39, 0.29) is 5.91 Å². The van der Waals surface area contributed by atoms with Crippen LogP contribution in [0.1, 0.15) is 35.9 Å². The minimum Gasteiger partial charge on any atom is -0.345 e. The van der Waals surface area contributed by atoms with Crippen LogP contribution in [0.4, 0.5) is 0 Å². The first-order chi connectivity index (χ1) is 14.8. The number of amides is 1. The summed E-state index contributed by atoms with van der Waals surface area (Å²) in [6, 6.07) is 23.7. The first-order valence-electron chi connectivity index (χ1n) is 10.2. The summed E-state index contributed by atoms with van der Waals surface area (Å²) in [5.74, 6) is 1.59. The molecule has 1 amide bonds. The van der Waals surface area contributed by atoms with Gasteiger partial charge in [-0.3, -0.25) is 9.36 Å². The average Bonchev–Trinajstić information content (AvgIpc) is 3.20. The monoisotopic (exact) mass is 416 g/mol. The number of unbranched alkanes of at least 4 members (excludes halogenated alkanes) is 1. The SMILES string of the molecule is CCCCSc1nnc(CNC(=O)c2cccc3ccccc23)n1-c1ccccc1. The Hall–Kier alpha value is -3.12. The molecular formula is C24H24N4OS. The minimum atomic E-state index is -0.116. The van der Waals surface area contributed by atoms with Crippen LogP contribution < -0.4 is 5.32 Å². The van der Waals surface area contributed by atoms with Crippen LogP contribution in [0, 0.1) is 0 Å². The number of hydrogen-bond donors (Lipinski definition) is 1. The lowest BCUT2D eigenvalue weighted by molar-refractivity contribution is 0.0951. The van der Waals surface area contributed by atoms with Gasteiger partial charge in [0.15, 0.2) is 11.0 Å². The highest BCUT2D eigenvalue weighted by Crippen LogP contribution is 2.23. The van der Waals surface area contributed by atoms with Crippen molar-refractivity contribution in [2.45, 2.75) is 31.5 Å². The fourth-order valence-corrected chi connectivity index (χ4v) is 4.38. The van der Waals surface area contributed by atoms with E-state index in [4.69, 9.17) is 0 Å². The smallest absolute Gasteiger partial charge is 0.252 e. The van der Waals surface area contributed by atoms with E-state index in [2.05, 4.69) is 22.4 Å². The zero-order valence-electron chi connectivity index (χ0n) is 16.9. The van der Waals surface area contributed by atoms with Crippen LogP contribution in [0.2, 0.25) is 0 Å². The van der Waals surface area contributed by atoms with Crippen molar-refractivity contribution in [1.82, 2.24) is 20.1 Å². The van der Waals surface area contributed by atoms with Gasteiger partial charge < -0.3 is 5.32 Å². The Bertz CT molecular complexity index is 1140. The number of nitrogens with zero attached hydrogens (tertiary/aromatic N) is 3. The second-order valence-corrected chi connectivity index (χ2v) is 8.04. The first kappa shape index (κ1) is 20.2. The Labute approximate surface area is 180 Å². The van der Waals surface area contributed by atoms with Gasteiger partial charge in [0.05, 0.1) is 6.54 Å². The Morgan fingerprint density at radius 1 is 0.967 bits per heavy atom. The number of aromatic nitrogens is 3. The topological polar surface area (TPSA) is 59.8 Å². The maximum Gasteiger partial charge on any atom is 0.252 e. The Balaban J connectivity index is 1.57. The quantitative estimate of drug-likeness (QED) is 0.315. The summed E-state index contributed by atoms with van der Waals surface area (Å²) in [5, 5.41) is 14.6. The van der Waals surface area contributed by atoms with Gasteiger partial charge in [-0.05, 0) is 35.4 Å². The fourth-order valence-electron chi connectivity index (χ4n) is 3.33. The molecule has 0 saturated carbocycles. The third-order valence-electron chi connectivity index (χ3n) is 4.89. The molecule has 0 unspecified atom stereocenters. The average molecular weight is 417 g/mol. The van der Waals surface area contributed by atoms with Gasteiger partial charge in [0, 0.05) is 17.0 Å². The van der Waals surface area contributed by atoms with Gasteiger partial charge in [-0.1, -0.05) is 79.7 Å². The minimum absolute atomic E-state index is 0.116. The molecule has 4 aromatic rings. The number of para-hydroxylation sites is 1. The fraction of sp³-hybridized carbons (Fsp3) is 0.208. The van der Waals surface area contributed by atoms with Crippen molar-refractivity contribution in [3.8, 4) is 5.69 Å². The Morgan fingerprint density at radius 3 is 2.57 bits per heavy atom. The lowest BCUT2D eigenvalue weighted by Crippen LogP contribution is -2.25. The van der Waals surface area contributed by atoms with Gasteiger partial charge in [-0.2, -0.15) is 0 Å². The van der Waals surface area contributed by atoms with Gasteiger partial charge in [-0.15, -0.1) is 10.2 Å². The third-order valence-corrected chi connectivity index (χ3v) is 5.90. The Morgan fingerprint density at radius 2 is 1.73 bits per heavy atom. The molecule has 1 aromatic heterocycles. The molecule has 152 valence electrons. The number of carbonyl (C=O) groups excluding carboxylic acids is 1. The number of hydrogen-bond acceptors (Lipinski definition) is 4. The maximum absolute atomic E-state index is 12.9. The van der Waals surface area contributed by atoms with Crippen molar-refractivity contribution in [3.05, 3.63) is 84.2 Å². The zero-order chi connectivity index (χ0) is 20.8. The van der Waals surface area contributed by atoms with Crippen LogP contribution in [0.5, 0.6) is 0 Å². The van der Waals surface area contributed by atoms with E-state index >= 15 is 0 Å². The van der Waals surface area contributed by atoms with E-state index in [0.717, 1.165) is 40.2 Å². The number of fused-ring (bicyclic) bond motifs is 1. The molecule has 0 spiro atoms.